The number of alkyl halides is 1. The summed E-state index contributed by atoms with van der Waals surface area (Å²) in [6.07, 6.45) is 3.93. The third-order valence-electron chi connectivity index (χ3n) is 2.35. The lowest BCUT2D eigenvalue weighted by Crippen LogP contribution is -2.36. The maximum Gasteiger partial charge on any atom is 0.126 e. The maximum absolute atomic E-state index is 5.88. The Hall–Kier alpha value is -0.760. The summed E-state index contributed by atoms with van der Waals surface area (Å²) >= 11 is 5.88. The number of nitrogens with zero attached hydrogens (tertiary/aromatic N) is 1. The quantitative estimate of drug-likeness (QED) is 0.736. The molecule has 0 spiro atoms. The Morgan fingerprint density at radius 2 is 2.31 bits per heavy atom. The Balaban J connectivity index is 1.94. The second kappa shape index (κ2) is 3.54. The molecular formula is C10H13ClN2. The summed E-state index contributed by atoms with van der Waals surface area (Å²) in [6, 6.07) is 4.58. The normalized spacial score (nSPS) is 26.6. The largest absolute Gasteiger partial charge is 0.367 e. The van der Waals surface area contributed by atoms with Crippen molar-refractivity contribution in [3.8, 4) is 0 Å². The third kappa shape index (κ3) is 2.13. The first-order valence-electron chi connectivity index (χ1n) is 4.57. The molecule has 13 heavy (non-hydrogen) atoms. The van der Waals surface area contributed by atoms with Crippen molar-refractivity contribution in [2.24, 2.45) is 0 Å². The van der Waals surface area contributed by atoms with Gasteiger partial charge in [0.15, 0.2) is 0 Å². The summed E-state index contributed by atoms with van der Waals surface area (Å²) in [7, 11) is 0. The SMILES string of the molecule is Cc1ccnc(NC2CC(Cl)C2)c1. The van der Waals surface area contributed by atoms with Gasteiger partial charge in [0.1, 0.15) is 5.82 Å². The molecule has 1 aromatic heterocycles. The van der Waals surface area contributed by atoms with Gasteiger partial charge in [-0.05, 0) is 37.5 Å². The van der Waals surface area contributed by atoms with E-state index in [0.717, 1.165) is 18.7 Å². The van der Waals surface area contributed by atoms with Gasteiger partial charge in [0.2, 0.25) is 0 Å². The zero-order chi connectivity index (χ0) is 9.26. The Morgan fingerprint density at radius 1 is 1.54 bits per heavy atom. The molecule has 0 amide bonds. The predicted molar refractivity (Wildman–Crippen MR) is 55.3 cm³/mol. The molecule has 1 aliphatic rings. The van der Waals surface area contributed by atoms with Gasteiger partial charge in [-0.3, -0.25) is 0 Å². The predicted octanol–water partition coefficient (Wildman–Crippen LogP) is 2.57. The topological polar surface area (TPSA) is 24.9 Å². The van der Waals surface area contributed by atoms with E-state index < -0.39 is 0 Å². The number of aromatic nitrogens is 1. The fraction of sp³-hybridized carbons (Fsp3) is 0.500. The molecule has 0 unspecified atom stereocenters. The van der Waals surface area contributed by atoms with Gasteiger partial charge in [0.05, 0.1) is 0 Å². The van der Waals surface area contributed by atoms with Crippen LogP contribution in [0.1, 0.15) is 18.4 Å². The van der Waals surface area contributed by atoms with Crippen LogP contribution < -0.4 is 5.32 Å². The molecule has 70 valence electrons. The molecule has 0 atom stereocenters. The van der Waals surface area contributed by atoms with Crippen LogP contribution in [0.4, 0.5) is 5.82 Å². The van der Waals surface area contributed by atoms with Gasteiger partial charge in [-0.25, -0.2) is 4.98 Å². The number of nitrogens with one attached hydrogen (secondary N) is 1. The van der Waals surface area contributed by atoms with Crippen LogP contribution in [0, 0.1) is 6.92 Å². The highest BCUT2D eigenvalue weighted by molar-refractivity contribution is 6.21. The number of halogens is 1. The first-order valence-corrected chi connectivity index (χ1v) is 5.01. The van der Waals surface area contributed by atoms with Gasteiger partial charge in [-0.1, -0.05) is 0 Å². The monoisotopic (exact) mass is 196 g/mol. The molecule has 2 rings (SSSR count). The van der Waals surface area contributed by atoms with Crippen LogP contribution in [0.25, 0.3) is 0 Å². The van der Waals surface area contributed by atoms with Gasteiger partial charge in [-0.2, -0.15) is 0 Å². The Kier molecular flexibility index (Phi) is 2.40. The van der Waals surface area contributed by atoms with E-state index in [4.69, 9.17) is 11.6 Å². The van der Waals surface area contributed by atoms with Gasteiger partial charge >= 0.3 is 0 Å². The Morgan fingerprint density at radius 3 is 2.92 bits per heavy atom. The second-order valence-electron chi connectivity index (χ2n) is 3.63. The van der Waals surface area contributed by atoms with E-state index in [1.807, 2.05) is 12.3 Å². The van der Waals surface area contributed by atoms with Crippen LogP contribution in [0.5, 0.6) is 0 Å². The van der Waals surface area contributed by atoms with Gasteiger partial charge in [0, 0.05) is 17.6 Å². The lowest BCUT2D eigenvalue weighted by atomic mass is 9.92. The minimum Gasteiger partial charge on any atom is -0.367 e. The number of anilines is 1. The van der Waals surface area contributed by atoms with Crippen LogP contribution in [0.3, 0.4) is 0 Å². The standard InChI is InChI=1S/C10H13ClN2/c1-7-2-3-12-10(4-7)13-9-5-8(11)6-9/h2-4,8-9H,5-6H2,1H3,(H,12,13). The molecule has 0 saturated heterocycles. The van der Waals surface area contributed by atoms with Crippen molar-refractivity contribution in [3.63, 3.8) is 0 Å². The maximum atomic E-state index is 5.88. The van der Waals surface area contributed by atoms with Crippen molar-refractivity contribution in [2.75, 3.05) is 5.32 Å². The molecule has 0 bridgehead atoms. The lowest BCUT2D eigenvalue weighted by Gasteiger charge is -2.31. The van der Waals surface area contributed by atoms with Gasteiger partial charge < -0.3 is 5.32 Å². The average Bonchev–Trinajstić information content (AvgIpc) is 2.01. The van der Waals surface area contributed by atoms with E-state index in [-0.39, 0.29) is 0 Å². The molecule has 0 aromatic carbocycles. The third-order valence-corrected chi connectivity index (χ3v) is 2.70. The van der Waals surface area contributed by atoms with Crippen molar-refractivity contribution in [3.05, 3.63) is 23.9 Å². The summed E-state index contributed by atoms with van der Waals surface area (Å²) in [5, 5.41) is 3.72. The summed E-state index contributed by atoms with van der Waals surface area (Å²) in [4.78, 5) is 4.23. The molecule has 1 heterocycles. The van der Waals surface area contributed by atoms with Crippen molar-refractivity contribution in [1.82, 2.24) is 4.98 Å². The van der Waals surface area contributed by atoms with Crippen molar-refractivity contribution in [2.45, 2.75) is 31.2 Å². The van der Waals surface area contributed by atoms with Gasteiger partial charge in [0.25, 0.3) is 0 Å². The Labute approximate surface area is 83.3 Å². The molecule has 3 heteroatoms. The molecule has 1 aliphatic carbocycles. The molecule has 1 aromatic rings. The van der Waals surface area contributed by atoms with Crippen LogP contribution in [0.15, 0.2) is 18.3 Å². The highest BCUT2D eigenvalue weighted by Crippen LogP contribution is 2.27. The molecule has 1 fully saturated rings. The van der Waals surface area contributed by atoms with E-state index >= 15 is 0 Å². The summed E-state index contributed by atoms with van der Waals surface area (Å²) < 4.78 is 0. The minimum atomic E-state index is 0.363. The number of pyridine rings is 1. The Bertz CT molecular complexity index is 295. The zero-order valence-electron chi connectivity index (χ0n) is 7.63. The first-order chi connectivity index (χ1) is 6.24. The summed E-state index contributed by atoms with van der Waals surface area (Å²) in [5.74, 6) is 0.966. The van der Waals surface area contributed by atoms with Crippen molar-refractivity contribution in [1.29, 1.82) is 0 Å². The average molecular weight is 197 g/mol. The fourth-order valence-electron chi connectivity index (χ4n) is 1.49. The number of hydrogen-bond donors (Lipinski definition) is 1. The zero-order valence-corrected chi connectivity index (χ0v) is 8.38. The molecule has 0 radical (unpaired) electrons. The fourth-order valence-corrected chi connectivity index (χ4v) is 1.92. The number of hydrogen-bond acceptors (Lipinski definition) is 2. The van der Waals surface area contributed by atoms with E-state index in [1.165, 1.54) is 5.56 Å². The van der Waals surface area contributed by atoms with Crippen LogP contribution in [-0.4, -0.2) is 16.4 Å². The van der Waals surface area contributed by atoms with Gasteiger partial charge in [-0.15, -0.1) is 11.6 Å². The van der Waals surface area contributed by atoms with E-state index in [9.17, 15) is 0 Å². The molecular weight excluding hydrogens is 184 g/mol. The minimum absolute atomic E-state index is 0.363. The van der Waals surface area contributed by atoms with Crippen LogP contribution >= 0.6 is 11.6 Å². The first kappa shape index (κ1) is 8.82. The van der Waals surface area contributed by atoms with Crippen molar-refractivity contribution >= 4 is 17.4 Å². The highest BCUT2D eigenvalue weighted by Gasteiger charge is 2.26. The number of rotatable bonds is 2. The molecule has 1 N–H and O–H groups in total. The van der Waals surface area contributed by atoms with Crippen molar-refractivity contribution < 1.29 is 0 Å². The highest BCUT2D eigenvalue weighted by atomic mass is 35.5. The second-order valence-corrected chi connectivity index (χ2v) is 4.25. The summed E-state index contributed by atoms with van der Waals surface area (Å²) in [5.41, 5.74) is 1.24. The van der Waals surface area contributed by atoms with E-state index in [2.05, 4.69) is 23.3 Å². The molecule has 2 nitrogen and oxygen atoms in total. The molecule has 1 saturated carbocycles. The van der Waals surface area contributed by atoms with Crippen LogP contribution in [0.2, 0.25) is 0 Å². The van der Waals surface area contributed by atoms with Crippen LogP contribution in [-0.2, 0) is 0 Å². The smallest absolute Gasteiger partial charge is 0.126 e. The number of aryl methyl sites for hydroxylation is 1. The molecule has 0 aliphatic heterocycles. The van der Waals surface area contributed by atoms with E-state index in [0.29, 0.717) is 11.4 Å². The van der Waals surface area contributed by atoms with E-state index in [1.54, 1.807) is 0 Å². The summed E-state index contributed by atoms with van der Waals surface area (Å²) in [6.45, 7) is 2.07. The lowest BCUT2D eigenvalue weighted by molar-refractivity contribution is 0.453.